The van der Waals surface area contributed by atoms with Crippen molar-refractivity contribution in [1.29, 1.82) is 0 Å². The Morgan fingerprint density at radius 1 is 1.00 bits per heavy atom. The number of aliphatic carboxylic acids is 1. The van der Waals surface area contributed by atoms with Gasteiger partial charge in [-0.15, -0.1) is 0 Å². The minimum atomic E-state index is -3.98. The molecule has 0 bridgehead atoms. The third kappa shape index (κ3) is 4.70. The maximum atomic E-state index is 13.6. The Balaban J connectivity index is 1.80. The minimum absolute atomic E-state index is 0.0197. The summed E-state index contributed by atoms with van der Waals surface area (Å²) in [5.74, 6) is -0.608. The molecule has 0 radical (unpaired) electrons. The fraction of sp³-hybridized carbons (Fsp3) is 0.174. The van der Waals surface area contributed by atoms with Gasteiger partial charge in [-0.3, -0.25) is 9.10 Å². The van der Waals surface area contributed by atoms with Gasteiger partial charge in [0.1, 0.15) is 11.9 Å². The first-order valence-corrected chi connectivity index (χ1v) is 12.0. The van der Waals surface area contributed by atoms with Crippen LogP contribution in [0.15, 0.2) is 71.6 Å². The zero-order chi connectivity index (χ0) is 22.9. The minimum Gasteiger partial charge on any atom is -0.486 e. The second-order valence-corrected chi connectivity index (χ2v) is 10.1. The molecule has 3 aromatic rings. The van der Waals surface area contributed by atoms with Crippen LogP contribution in [0.25, 0.3) is 11.1 Å². The molecular formula is C23H19Cl2NO5S. The van der Waals surface area contributed by atoms with Gasteiger partial charge in [-0.05, 0) is 60.0 Å². The summed E-state index contributed by atoms with van der Waals surface area (Å²) in [4.78, 5) is 11.1. The van der Waals surface area contributed by atoms with Crippen LogP contribution in [-0.2, 0) is 14.8 Å². The predicted octanol–water partition coefficient (Wildman–Crippen LogP) is 5.48. The molecule has 3 aromatic carbocycles. The molecule has 166 valence electrons. The smallest absolute Gasteiger partial charge is 0.303 e. The number of fused-ring (bicyclic) bond motifs is 1. The van der Waals surface area contributed by atoms with Gasteiger partial charge in [0.25, 0.3) is 10.0 Å². The molecule has 0 aromatic heterocycles. The highest BCUT2D eigenvalue weighted by Gasteiger charge is 2.35. The van der Waals surface area contributed by atoms with Gasteiger partial charge in [0.05, 0.1) is 17.1 Å². The Labute approximate surface area is 196 Å². The molecule has 1 aliphatic rings. The summed E-state index contributed by atoms with van der Waals surface area (Å²) in [6, 6.07) is 18.5. The van der Waals surface area contributed by atoms with Gasteiger partial charge in [0.15, 0.2) is 0 Å². The Bertz CT molecular complexity index is 1280. The summed E-state index contributed by atoms with van der Waals surface area (Å²) in [5, 5.41) is 9.91. The van der Waals surface area contributed by atoms with E-state index in [-0.39, 0.29) is 24.3 Å². The summed E-state index contributed by atoms with van der Waals surface area (Å²) >= 11 is 12.2. The molecule has 0 saturated carbocycles. The number of hydrogen-bond acceptors (Lipinski definition) is 4. The van der Waals surface area contributed by atoms with Crippen molar-refractivity contribution in [2.24, 2.45) is 0 Å². The molecule has 0 aliphatic carbocycles. The number of ether oxygens (including phenoxy) is 1. The van der Waals surface area contributed by atoms with Crippen LogP contribution in [0.4, 0.5) is 5.69 Å². The highest BCUT2D eigenvalue weighted by Crippen LogP contribution is 2.41. The van der Waals surface area contributed by atoms with Gasteiger partial charge >= 0.3 is 5.97 Å². The molecule has 0 spiro atoms. The lowest BCUT2D eigenvalue weighted by molar-refractivity contribution is -0.137. The van der Waals surface area contributed by atoms with Gasteiger partial charge in [0.2, 0.25) is 0 Å². The second kappa shape index (κ2) is 9.02. The number of rotatable bonds is 6. The lowest BCUT2D eigenvalue weighted by atomic mass is 10.0. The maximum Gasteiger partial charge on any atom is 0.303 e. The van der Waals surface area contributed by atoms with E-state index in [2.05, 4.69) is 0 Å². The van der Waals surface area contributed by atoms with E-state index in [4.69, 9.17) is 33.0 Å². The van der Waals surface area contributed by atoms with Crippen molar-refractivity contribution in [2.45, 2.75) is 23.8 Å². The van der Waals surface area contributed by atoms with Crippen molar-refractivity contribution < 1.29 is 23.1 Å². The molecular weight excluding hydrogens is 473 g/mol. The molecule has 0 saturated heterocycles. The Morgan fingerprint density at radius 3 is 2.38 bits per heavy atom. The van der Waals surface area contributed by atoms with Crippen LogP contribution < -0.4 is 9.04 Å². The molecule has 0 amide bonds. The number of carbonyl (C=O) groups is 1. The fourth-order valence-corrected chi connectivity index (χ4v) is 5.57. The Kier molecular flexibility index (Phi) is 6.33. The molecule has 1 heterocycles. The molecule has 1 aliphatic heterocycles. The van der Waals surface area contributed by atoms with Gasteiger partial charge in [-0.2, -0.15) is 0 Å². The van der Waals surface area contributed by atoms with Crippen LogP contribution in [0.2, 0.25) is 10.0 Å². The predicted molar refractivity (Wildman–Crippen MR) is 124 cm³/mol. The topological polar surface area (TPSA) is 83.9 Å². The van der Waals surface area contributed by atoms with Crippen LogP contribution in [0.1, 0.15) is 12.8 Å². The number of hydrogen-bond donors (Lipinski definition) is 1. The van der Waals surface area contributed by atoms with E-state index in [1.54, 1.807) is 36.4 Å². The monoisotopic (exact) mass is 491 g/mol. The standard InChI is InChI=1S/C23H19Cl2NO5S/c24-17-4-1-3-15(11-17)16-7-9-22-21(12-16)26(14-19(31-22)8-10-23(27)28)32(29,30)20-6-2-5-18(25)13-20/h1-7,9,11-13,19H,8,10,14H2,(H,27,28). The van der Waals surface area contributed by atoms with Gasteiger partial charge < -0.3 is 9.84 Å². The van der Waals surface area contributed by atoms with Crippen molar-refractivity contribution in [3.63, 3.8) is 0 Å². The van der Waals surface area contributed by atoms with Gasteiger partial charge in [-0.1, -0.05) is 47.5 Å². The van der Waals surface area contributed by atoms with Gasteiger partial charge in [0, 0.05) is 16.5 Å². The van der Waals surface area contributed by atoms with E-state index in [1.165, 1.54) is 16.4 Å². The molecule has 9 heteroatoms. The third-order valence-corrected chi connectivity index (χ3v) is 7.36. The van der Waals surface area contributed by atoms with Crippen LogP contribution in [0, 0.1) is 0 Å². The number of benzene rings is 3. The first-order valence-electron chi connectivity index (χ1n) is 9.81. The highest BCUT2D eigenvalue weighted by molar-refractivity contribution is 7.92. The van der Waals surface area contributed by atoms with Crippen LogP contribution in [0.3, 0.4) is 0 Å². The van der Waals surface area contributed by atoms with Gasteiger partial charge in [-0.25, -0.2) is 8.42 Å². The maximum absolute atomic E-state index is 13.6. The summed E-state index contributed by atoms with van der Waals surface area (Å²) in [5.41, 5.74) is 1.97. The van der Waals surface area contributed by atoms with E-state index in [9.17, 15) is 13.2 Å². The summed E-state index contributed by atoms with van der Waals surface area (Å²) < 4.78 is 34.3. The van der Waals surface area contributed by atoms with Crippen molar-refractivity contribution >= 4 is 44.9 Å². The Hall–Kier alpha value is -2.74. The lowest BCUT2D eigenvalue weighted by Crippen LogP contribution is -2.43. The van der Waals surface area contributed by atoms with E-state index in [0.29, 0.717) is 21.5 Å². The summed E-state index contributed by atoms with van der Waals surface area (Å²) in [7, 11) is -3.98. The number of sulfonamides is 1. The zero-order valence-corrected chi connectivity index (χ0v) is 19.1. The zero-order valence-electron chi connectivity index (χ0n) is 16.7. The average Bonchev–Trinajstić information content (AvgIpc) is 2.76. The summed E-state index contributed by atoms with van der Waals surface area (Å²) in [6.45, 7) is -0.0197. The molecule has 1 unspecified atom stereocenters. The van der Waals surface area contributed by atoms with Crippen molar-refractivity contribution in [3.8, 4) is 16.9 Å². The number of anilines is 1. The first kappa shape index (κ1) is 22.5. The van der Waals surface area contributed by atoms with E-state index < -0.39 is 22.1 Å². The summed E-state index contributed by atoms with van der Waals surface area (Å²) in [6.07, 6.45) is -0.567. The van der Waals surface area contributed by atoms with E-state index in [1.807, 2.05) is 18.2 Å². The fourth-order valence-electron chi connectivity index (χ4n) is 3.58. The quantitative estimate of drug-likeness (QED) is 0.493. The number of halogens is 2. The van der Waals surface area contributed by atoms with Crippen LogP contribution in [0.5, 0.6) is 5.75 Å². The number of carboxylic acid groups (broad SMARTS) is 1. The van der Waals surface area contributed by atoms with Crippen LogP contribution in [-0.4, -0.2) is 32.1 Å². The van der Waals surface area contributed by atoms with E-state index >= 15 is 0 Å². The molecule has 6 nitrogen and oxygen atoms in total. The van der Waals surface area contributed by atoms with E-state index in [0.717, 1.165) is 11.1 Å². The molecule has 1 N–H and O–H groups in total. The second-order valence-electron chi connectivity index (χ2n) is 7.36. The largest absolute Gasteiger partial charge is 0.486 e. The normalized spacial score (nSPS) is 15.7. The molecule has 4 rings (SSSR count). The molecule has 32 heavy (non-hydrogen) atoms. The number of nitrogens with zero attached hydrogens (tertiary/aromatic N) is 1. The highest BCUT2D eigenvalue weighted by atomic mass is 35.5. The number of carboxylic acids is 1. The molecule has 0 fully saturated rings. The average molecular weight is 492 g/mol. The van der Waals surface area contributed by atoms with Crippen molar-refractivity contribution in [1.82, 2.24) is 0 Å². The SMILES string of the molecule is O=C(O)CCC1CN(S(=O)(=O)c2cccc(Cl)c2)c2cc(-c3cccc(Cl)c3)ccc2O1. The van der Waals surface area contributed by atoms with Crippen molar-refractivity contribution in [2.75, 3.05) is 10.8 Å². The third-order valence-electron chi connectivity index (χ3n) is 5.11. The van der Waals surface area contributed by atoms with Crippen LogP contribution >= 0.6 is 23.2 Å². The first-order chi connectivity index (χ1) is 15.2. The molecule has 1 atom stereocenters. The van der Waals surface area contributed by atoms with Crippen molar-refractivity contribution in [3.05, 3.63) is 76.8 Å². The Morgan fingerprint density at radius 2 is 1.69 bits per heavy atom. The lowest BCUT2D eigenvalue weighted by Gasteiger charge is -2.35.